The minimum atomic E-state index is -0.745. The summed E-state index contributed by atoms with van der Waals surface area (Å²) in [6.45, 7) is 10.5. The predicted octanol–water partition coefficient (Wildman–Crippen LogP) is 6.97. The SMILES string of the molecule is CCC(=O)O.CCCC(c1ccc(C(N)=O)cc1)n1ncc2cc(-c3ccc(C(C)(C)C)cc3)ccc21. The standard InChI is InChI=1S/C28H31N3O.C3H6O2/c1-5-6-25(20-7-9-21(10-8-20)27(29)32)31-26-16-13-22(17-23(26)18-30-31)19-11-14-24(15-12-19)28(2,3)4;1-2-3(4)5/h7-18,25H,5-6H2,1-4H3,(H2,29,32);2H2,1H3,(H,4,5). The Morgan fingerprint density at radius 1 is 0.946 bits per heavy atom. The topological polar surface area (TPSA) is 98.2 Å². The van der Waals surface area contributed by atoms with Crippen LogP contribution in [0.1, 0.15) is 81.4 Å². The van der Waals surface area contributed by atoms with Crippen LogP contribution in [0.2, 0.25) is 0 Å². The third kappa shape index (κ3) is 6.85. The molecule has 6 nitrogen and oxygen atoms in total. The molecule has 4 aromatic rings. The van der Waals surface area contributed by atoms with Gasteiger partial charge in [0.2, 0.25) is 5.91 Å². The van der Waals surface area contributed by atoms with Gasteiger partial charge in [0.15, 0.2) is 0 Å². The Kier molecular flexibility index (Phi) is 8.87. The number of fused-ring (bicyclic) bond motifs is 1. The van der Waals surface area contributed by atoms with E-state index in [0.717, 1.165) is 29.3 Å². The van der Waals surface area contributed by atoms with Crippen LogP contribution in [0.5, 0.6) is 0 Å². The van der Waals surface area contributed by atoms with Gasteiger partial charge in [0.1, 0.15) is 0 Å². The first-order valence-electron chi connectivity index (χ1n) is 12.7. The number of carboxylic acids is 1. The number of nitrogens with two attached hydrogens (primary N) is 1. The van der Waals surface area contributed by atoms with Crippen molar-refractivity contribution >= 4 is 22.8 Å². The average molecular weight is 500 g/mol. The third-order valence-corrected chi connectivity index (χ3v) is 6.42. The van der Waals surface area contributed by atoms with Gasteiger partial charge in [-0.15, -0.1) is 0 Å². The summed E-state index contributed by atoms with van der Waals surface area (Å²) in [6, 6.07) is 23.1. The number of hydrogen-bond acceptors (Lipinski definition) is 3. The molecule has 6 heteroatoms. The molecule has 3 N–H and O–H groups in total. The van der Waals surface area contributed by atoms with E-state index in [1.165, 1.54) is 16.7 Å². The van der Waals surface area contributed by atoms with Crippen molar-refractivity contribution in [2.75, 3.05) is 0 Å². The molecule has 0 aliphatic rings. The molecule has 0 aliphatic carbocycles. The number of primary amides is 1. The number of nitrogens with zero attached hydrogens (tertiary/aromatic N) is 2. The number of benzene rings is 3. The number of aromatic nitrogens is 2. The number of aliphatic carboxylic acids is 1. The normalized spacial score (nSPS) is 12.0. The highest BCUT2D eigenvalue weighted by Gasteiger charge is 2.18. The lowest BCUT2D eigenvalue weighted by Gasteiger charge is -2.19. The number of amides is 1. The zero-order chi connectivity index (χ0) is 27.2. The van der Waals surface area contributed by atoms with Gasteiger partial charge in [-0.05, 0) is 58.4 Å². The largest absolute Gasteiger partial charge is 0.481 e. The van der Waals surface area contributed by atoms with E-state index >= 15 is 0 Å². The van der Waals surface area contributed by atoms with Gasteiger partial charge >= 0.3 is 5.97 Å². The summed E-state index contributed by atoms with van der Waals surface area (Å²) in [5.41, 5.74) is 12.0. The fraction of sp³-hybridized carbons (Fsp3) is 0.323. The van der Waals surface area contributed by atoms with E-state index in [1.807, 2.05) is 18.3 Å². The van der Waals surface area contributed by atoms with Crippen molar-refractivity contribution in [2.45, 2.75) is 65.3 Å². The van der Waals surface area contributed by atoms with E-state index in [1.54, 1.807) is 19.1 Å². The zero-order valence-corrected chi connectivity index (χ0v) is 22.4. The Morgan fingerprint density at radius 2 is 1.54 bits per heavy atom. The molecule has 0 saturated carbocycles. The molecular weight excluding hydrogens is 462 g/mol. The third-order valence-electron chi connectivity index (χ3n) is 6.42. The number of hydrogen-bond donors (Lipinski definition) is 2. The molecule has 1 heterocycles. The summed E-state index contributed by atoms with van der Waals surface area (Å²) in [7, 11) is 0. The van der Waals surface area contributed by atoms with Crippen molar-refractivity contribution in [1.82, 2.24) is 9.78 Å². The van der Waals surface area contributed by atoms with Crippen LogP contribution < -0.4 is 5.73 Å². The van der Waals surface area contributed by atoms with Crippen LogP contribution in [0.4, 0.5) is 0 Å². The quantitative estimate of drug-likeness (QED) is 0.287. The van der Waals surface area contributed by atoms with Crippen LogP contribution in [-0.4, -0.2) is 26.8 Å². The second-order valence-corrected chi connectivity index (χ2v) is 10.2. The molecule has 194 valence electrons. The van der Waals surface area contributed by atoms with Crippen LogP contribution in [0.25, 0.3) is 22.0 Å². The van der Waals surface area contributed by atoms with Gasteiger partial charge in [0.05, 0.1) is 17.8 Å². The molecule has 0 spiro atoms. The lowest BCUT2D eigenvalue weighted by atomic mass is 9.86. The lowest BCUT2D eigenvalue weighted by Crippen LogP contribution is -2.14. The van der Waals surface area contributed by atoms with E-state index in [2.05, 4.69) is 74.8 Å². The molecular formula is C31H37N3O3. The highest BCUT2D eigenvalue weighted by atomic mass is 16.4. The first-order valence-corrected chi connectivity index (χ1v) is 12.7. The molecule has 3 aromatic carbocycles. The predicted molar refractivity (Wildman–Crippen MR) is 150 cm³/mol. The molecule has 1 amide bonds. The van der Waals surface area contributed by atoms with E-state index in [4.69, 9.17) is 15.9 Å². The lowest BCUT2D eigenvalue weighted by molar-refractivity contribution is -0.136. The summed E-state index contributed by atoms with van der Waals surface area (Å²) in [5.74, 6) is -1.15. The van der Waals surface area contributed by atoms with Gasteiger partial charge in [-0.2, -0.15) is 5.10 Å². The number of carboxylic acid groups (broad SMARTS) is 1. The first kappa shape index (κ1) is 27.7. The van der Waals surface area contributed by atoms with Crippen molar-refractivity contribution in [2.24, 2.45) is 5.73 Å². The molecule has 0 fully saturated rings. The van der Waals surface area contributed by atoms with E-state index < -0.39 is 11.9 Å². The smallest absolute Gasteiger partial charge is 0.303 e. The highest BCUT2D eigenvalue weighted by molar-refractivity contribution is 5.92. The first-order chi connectivity index (χ1) is 17.5. The van der Waals surface area contributed by atoms with E-state index in [-0.39, 0.29) is 17.9 Å². The van der Waals surface area contributed by atoms with Crippen LogP contribution in [-0.2, 0) is 10.2 Å². The summed E-state index contributed by atoms with van der Waals surface area (Å²) in [4.78, 5) is 20.8. The zero-order valence-electron chi connectivity index (χ0n) is 22.4. The minimum absolute atomic E-state index is 0.108. The molecule has 37 heavy (non-hydrogen) atoms. The Bertz CT molecular complexity index is 1350. The molecule has 0 aliphatic heterocycles. The van der Waals surface area contributed by atoms with Crippen molar-refractivity contribution in [1.29, 1.82) is 0 Å². The van der Waals surface area contributed by atoms with Crippen molar-refractivity contribution in [3.05, 3.63) is 89.6 Å². The molecule has 0 saturated heterocycles. The van der Waals surface area contributed by atoms with E-state index in [9.17, 15) is 9.59 Å². The Morgan fingerprint density at radius 3 is 2.05 bits per heavy atom. The Hall–Kier alpha value is -3.93. The van der Waals surface area contributed by atoms with Crippen LogP contribution in [0.3, 0.4) is 0 Å². The van der Waals surface area contributed by atoms with Gasteiger partial charge < -0.3 is 10.8 Å². The van der Waals surface area contributed by atoms with Gasteiger partial charge in [0, 0.05) is 17.4 Å². The van der Waals surface area contributed by atoms with Crippen molar-refractivity contribution < 1.29 is 14.7 Å². The molecule has 4 rings (SSSR count). The number of carbonyl (C=O) groups excluding carboxylic acids is 1. The number of carbonyl (C=O) groups is 2. The highest BCUT2D eigenvalue weighted by Crippen LogP contribution is 2.31. The fourth-order valence-corrected chi connectivity index (χ4v) is 4.22. The van der Waals surface area contributed by atoms with Crippen LogP contribution in [0, 0.1) is 0 Å². The summed E-state index contributed by atoms with van der Waals surface area (Å²) < 4.78 is 2.10. The number of rotatable bonds is 7. The fourth-order valence-electron chi connectivity index (χ4n) is 4.22. The molecule has 1 aromatic heterocycles. The molecule has 0 bridgehead atoms. The summed E-state index contributed by atoms with van der Waals surface area (Å²) in [5, 5.41) is 13.6. The van der Waals surface area contributed by atoms with Gasteiger partial charge in [-0.25, -0.2) is 0 Å². The van der Waals surface area contributed by atoms with Crippen molar-refractivity contribution in [3.63, 3.8) is 0 Å². The second-order valence-electron chi connectivity index (χ2n) is 10.2. The van der Waals surface area contributed by atoms with Crippen LogP contribution in [0.15, 0.2) is 72.9 Å². The van der Waals surface area contributed by atoms with Crippen molar-refractivity contribution in [3.8, 4) is 11.1 Å². The Labute approximate surface area is 219 Å². The molecule has 1 atom stereocenters. The van der Waals surface area contributed by atoms with Gasteiger partial charge in [-0.1, -0.05) is 83.5 Å². The summed E-state index contributed by atoms with van der Waals surface area (Å²) in [6.07, 6.45) is 4.16. The molecule has 1 unspecified atom stereocenters. The molecule has 0 radical (unpaired) electrons. The maximum atomic E-state index is 11.4. The van der Waals surface area contributed by atoms with Gasteiger partial charge in [0.25, 0.3) is 0 Å². The monoisotopic (exact) mass is 499 g/mol. The maximum absolute atomic E-state index is 11.4. The minimum Gasteiger partial charge on any atom is -0.481 e. The van der Waals surface area contributed by atoms with Crippen LogP contribution >= 0.6 is 0 Å². The average Bonchev–Trinajstić information content (AvgIpc) is 3.30. The summed E-state index contributed by atoms with van der Waals surface area (Å²) >= 11 is 0. The van der Waals surface area contributed by atoms with E-state index in [0.29, 0.717) is 5.56 Å². The van der Waals surface area contributed by atoms with Gasteiger partial charge in [-0.3, -0.25) is 14.3 Å². The maximum Gasteiger partial charge on any atom is 0.303 e. The Balaban J connectivity index is 0.000000695. The second kappa shape index (κ2) is 11.9.